The minimum absolute atomic E-state index is 0.0924. The third-order valence-electron chi connectivity index (χ3n) is 5.57. The number of rotatable bonds is 5. The summed E-state index contributed by atoms with van der Waals surface area (Å²) in [6, 6.07) is 17.9. The van der Waals surface area contributed by atoms with Crippen molar-refractivity contribution in [3.63, 3.8) is 0 Å². The molecule has 5 nitrogen and oxygen atoms in total. The van der Waals surface area contributed by atoms with Gasteiger partial charge in [-0.3, -0.25) is 9.59 Å². The summed E-state index contributed by atoms with van der Waals surface area (Å²) in [5.74, 6) is -2.38. The molecule has 1 N–H and O–H groups in total. The number of ketones is 1. The minimum Gasteiger partial charge on any atom is -0.507 e. The number of fused-ring (bicyclic) bond motifs is 1. The van der Waals surface area contributed by atoms with Crippen molar-refractivity contribution in [2.45, 2.75) is 6.04 Å². The summed E-state index contributed by atoms with van der Waals surface area (Å²) in [5.41, 5.74) is 0.525. The Kier molecular flexibility index (Phi) is 5.57. The van der Waals surface area contributed by atoms with Crippen LogP contribution < -0.4 is 0 Å². The fourth-order valence-electron chi connectivity index (χ4n) is 4.02. The Balaban J connectivity index is 1.94. The largest absolute Gasteiger partial charge is 0.507 e. The van der Waals surface area contributed by atoms with Crippen LogP contribution in [0.2, 0.25) is 0 Å². The number of hydrogen-bond donors (Lipinski definition) is 1. The first kappa shape index (κ1) is 20.8. The summed E-state index contributed by atoms with van der Waals surface area (Å²) < 4.78 is 14.8. The predicted molar refractivity (Wildman–Crippen MR) is 118 cm³/mol. The van der Waals surface area contributed by atoms with Gasteiger partial charge in [-0.25, -0.2) is 4.39 Å². The molecule has 0 saturated carbocycles. The molecule has 6 heteroatoms. The molecule has 1 amide bonds. The molecular formula is C25H23FN2O3. The molecule has 0 radical (unpaired) electrons. The molecule has 1 aliphatic rings. The Labute approximate surface area is 180 Å². The molecule has 3 aromatic rings. The number of halogens is 1. The van der Waals surface area contributed by atoms with Gasteiger partial charge in [-0.05, 0) is 30.9 Å². The van der Waals surface area contributed by atoms with Crippen molar-refractivity contribution in [3.05, 3.63) is 89.2 Å². The number of aliphatic hydroxyl groups is 1. The van der Waals surface area contributed by atoms with Gasteiger partial charge in [-0.15, -0.1) is 0 Å². The van der Waals surface area contributed by atoms with E-state index in [2.05, 4.69) is 0 Å². The van der Waals surface area contributed by atoms with Crippen LogP contribution >= 0.6 is 0 Å². The number of likely N-dealkylation sites (N-methyl/N-ethyl adjacent to an activating group) is 1. The van der Waals surface area contributed by atoms with Gasteiger partial charge in [-0.1, -0.05) is 60.7 Å². The van der Waals surface area contributed by atoms with Crippen molar-refractivity contribution in [1.29, 1.82) is 0 Å². The number of nitrogens with zero attached hydrogens (tertiary/aromatic N) is 2. The van der Waals surface area contributed by atoms with E-state index in [-0.39, 0.29) is 23.4 Å². The lowest BCUT2D eigenvalue weighted by atomic mass is 9.93. The summed E-state index contributed by atoms with van der Waals surface area (Å²) >= 11 is 0. The molecule has 1 heterocycles. The second-order valence-corrected chi connectivity index (χ2v) is 7.84. The highest BCUT2D eigenvalue weighted by atomic mass is 19.1. The predicted octanol–water partition coefficient (Wildman–Crippen LogP) is 3.96. The highest BCUT2D eigenvalue weighted by Gasteiger charge is 2.46. The number of carbonyl (C=O) groups is 2. The Morgan fingerprint density at radius 2 is 1.68 bits per heavy atom. The summed E-state index contributed by atoms with van der Waals surface area (Å²) in [4.78, 5) is 29.2. The van der Waals surface area contributed by atoms with Gasteiger partial charge in [0.25, 0.3) is 11.7 Å². The fourth-order valence-corrected chi connectivity index (χ4v) is 4.02. The average molecular weight is 418 g/mol. The maximum absolute atomic E-state index is 14.8. The molecule has 0 aromatic heterocycles. The van der Waals surface area contributed by atoms with E-state index in [1.54, 1.807) is 30.3 Å². The fraction of sp³-hybridized carbons (Fsp3) is 0.200. The second-order valence-electron chi connectivity index (χ2n) is 7.84. The molecule has 0 bridgehead atoms. The number of Topliss-reactive ketones (excluding diaryl/α,β-unsaturated/α-hetero) is 1. The van der Waals surface area contributed by atoms with Crippen LogP contribution in [0.4, 0.5) is 4.39 Å². The molecule has 1 saturated heterocycles. The summed E-state index contributed by atoms with van der Waals surface area (Å²) in [6.45, 7) is 0.717. The van der Waals surface area contributed by atoms with E-state index in [0.717, 1.165) is 10.8 Å². The molecule has 158 valence electrons. The first-order valence-electron chi connectivity index (χ1n) is 10.1. The molecule has 1 aliphatic heterocycles. The zero-order valence-corrected chi connectivity index (χ0v) is 17.4. The van der Waals surface area contributed by atoms with Gasteiger partial charge in [0, 0.05) is 24.2 Å². The van der Waals surface area contributed by atoms with Gasteiger partial charge in [0.2, 0.25) is 0 Å². The smallest absolute Gasteiger partial charge is 0.295 e. The summed E-state index contributed by atoms with van der Waals surface area (Å²) in [5, 5.41) is 12.9. The first-order valence-corrected chi connectivity index (χ1v) is 10.1. The maximum Gasteiger partial charge on any atom is 0.295 e. The van der Waals surface area contributed by atoms with Crippen LogP contribution in [0.5, 0.6) is 0 Å². The Bertz CT molecular complexity index is 1200. The molecule has 0 spiro atoms. The van der Waals surface area contributed by atoms with Gasteiger partial charge in [0.1, 0.15) is 11.6 Å². The normalized spacial score (nSPS) is 18.3. The van der Waals surface area contributed by atoms with Gasteiger partial charge in [-0.2, -0.15) is 0 Å². The molecule has 31 heavy (non-hydrogen) atoms. The van der Waals surface area contributed by atoms with Crippen LogP contribution in [0.1, 0.15) is 17.2 Å². The molecule has 1 atom stereocenters. The molecule has 3 aromatic carbocycles. The van der Waals surface area contributed by atoms with E-state index in [0.29, 0.717) is 12.1 Å². The number of aliphatic hydroxyl groups excluding tert-OH is 1. The van der Waals surface area contributed by atoms with Crippen molar-refractivity contribution >= 4 is 28.2 Å². The topological polar surface area (TPSA) is 60.9 Å². The number of carbonyl (C=O) groups excluding carboxylic acids is 2. The third-order valence-corrected chi connectivity index (χ3v) is 5.57. The number of benzene rings is 3. The Hall–Kier alpha value is -3.51. The minimum atomic E-state index is -1.000. The molecule has 1 unspecified atom stereocenters. The van der Waals surface area contributed by atoms with E-state index in [4.69, 9.17) is 0 Å². The van der Waals surface area contributed by atoms with E-state index in [1.165, 1.54) is 11.0 Å². The van der Waals surface area contributed by atoms with Crippen molar-refractivity contribution in [3.8, 4) is 0 Å². The van der Waals surface area contributed by atoms with E-state index < -0.39 is 23.5 Å². The second kappa shape index (κ2) is 8.32. The Morgan fingerprint density at radius 3 is 2.42 bits per heavy atom. The lowest BCUT2D eigenvalue weighted by Crippen LogP contribution is -2.35. The molecule has 1 fully saturated rings. The number of likely N-dealkylation sites (tertiary alicyclic amines) is 1. The summed E-state index contributed by atoms with van der Waals surface area (Å²) in [6.07, 6.45) is 0. The van der Waals surface area contributed by atoms with Crippen LogP contribution in [0.3, 0.4) is 0 Å². The van der Waals surface area contributed by atoms with Crippen LogP contribution in [0.25, 0.3) is 16.5 Å². The highest BCUT2D eigenvalue weighted by molar-refractivity contribution is 6.46. The molecule has 0 aliphatic carbocycles. The van der Waals surface area contributed by atoms with Crippen LogP contribution in [0.15, 0.2) is 72.3 Å². The first-order chi connectivity index (χ1) is 14.9. The molecular weight excluding hydrogens is 395 g/mol. The van der Waals surface area contributed by atoms with E-state index >= 15 is 0 Å². The summed E-state index contributed by atoms with van der Waals surface area (Å²) in [7, 11) is 3.70. The SMILES string of the molecule is CN(C)CCN1C(=O)C(=O)/C(=C(/O)c2cccc3ccccc23)C1c1ccccc1F. The van der Waals surface area contributed by atoms with Gasteiger partial charge < -0.3 is 14.9 Å². The van der Waals surface area contributed by atoms with Crippen molar-refractivity contribution in [2.24, 2.45) is 0 Å². The highest BCUT2D eigenvalue weighted by Crippen LogP contribution is 2.41. The Morgan fingerprint density at radius 1 is 1.00 bits per heavy atom. The number of hydrogen-bond acceptors (Lipinski definition) is 4. The van der Waals surface area contributed by atoms with Crippen LogP contribution in [-0.4, -0.2) is 53.8 Å². The lowest BCUT2D eigenvalue weighted by Gasteiger charge is -2.26. The monoisotopic (exact) mass is 418 g/mol. The molecule has 4 rings (SSSR count). The van der Waals surface area contributed by atoms with Gasteiger partial charge in [0.15, 0.2) is 0 Å². The number of amides is 1. The van der Waals surface area contributed by atoms with E-state index in [9.17, 15) is 19.1 Å². The quantitative estimate of drug-likeness (QED) is 0.387. The van der Waals surface area contributed by atoms with Gasteiger partial charge in [0.05, 0.1) is 11.6 Å². The zero-order chi connectivity index (χ0) is 22.1. The van der Waals surface area contributed by atoms with Crippen molar-refractivity contribution < 1.29 is 19.1 Å². The van der Waals surface area contributed by atoms with Crippen LogP contribution in [0, 0.1) is 5.82 Å². The van der Waals surface area contributed by atoms with E-state index in [1.807, 2.05) is 49.3 Å². The third kappa shape index (κ3) is 3.70. The average Bonchev–Trinajstić information content (AvgIpc) is 3.01. The lowest BCUT2D eigenvalue weighted by molar-refractivity contribution is -0.140. The van der Waals surface area contributed by atoms with Crippen molar-refractivity contribution in [1.82, 2.24) is 9.80 Å². The zero-order valence-electron chi connectivity index (χ0n) is 17.4. The van der Waals surface area contributed by atoms with Crippen molar-refractivity contribution in [2.75, 3.05) is 27.2 Å². The van der Waals surface area contributed by atoms with Crippen LogP contribution in [-0.2, 0) is 9.59 Å². The maximum atomic E-state index is 14.8. The standard InChI is InChI=1S/C25H23FN2O3/c1-27(2)14-15-28-22(19-11-5-6-13-20(19)26)21(24(30)25(28)31)23(29)18-12-7-9-16-8-3-4-10-17(16)18/h3-13,22,29H,14-15H2,1-2H3/b23-21+. The van der Waals surface area contributed by atoms with Gasteiger partial charge >= 0.3 is 0 Å².